The van der Waals surface area contributed by atoms with Gasteiger partial charge in [0, 0.05) is 19.1 Å². The molecule has 1 aromatic carbocycles. The van der Waals surface area contributed by atoms with Crippen molar-refractivity contribution in [2.75, 3.05) is 32.9 Å². The molecule has 0 radical (unpaired) electrons. The van der Waals surface area contributed by atoms with Crippen LogP contribution in [0.5, 0.6) is 11.5 Å². The number of ether oxygens (including phenoxy) is 3. The van der Waals surface area contributed by atoms with Crippen molar-refractivity contribution in [1.82, 2.24) is 10.2 Å². The number of hydrogen-bond donors (Lipinski definition) is 1. The average Bonchev–Trinajstić information content (AvgIpc) is 2.62. The maximum atomic E-state index is 12.3. The zero-order valence-electron chi connectivity index (χ0n) is 14.8. The highest BCUT2D eigenvalue weighted by molar-refractivity contribution is 5.78. The van der Waals surface area contributed by atoms with Gasteiger partial charge in [0.05, 0.1) is 13.2 Å². The lowest BCUT2D eigenvalue weighted by Gasteiger charge is -2.32. The van der Waals surface area contributed by atoms with E-state index in [1.165, 1.54) is 0 Å². The van der Waals surface area contributed by atoms with E-state index in [1.54, 1.807) is 17.9 Å². The predicted molar refractivity (Wildman–Crippen MR) is 92.9 cm³/mol. The highest BCUT2D eigenvalue weighted by Crippen LogP contribution is 2.26. The third-order valence-corrected chi connectivity index (χ3v) is 3.95. The highest BCUT2D eigenvalue weighted by atomic mass is 16.5. The normalized spacial score (nSPS) is 14.7. The van der Waals surface area contributed by atoms with Gasteiger partial charge in [-0.15, -0.1) is 0 Å². The van der Waals surface area contributed by atoms with Crippen LogP contribution in [-0.2, 0) is 9.53 Å². The Morgan fingerprint density at radius 2 is 1.72 bits per heavy atom. The largest absolute Gasteiger partial charge is 0.490 e. The van der Waals surface area contributed by atoms with Crippen LogP contribution in [0, 0.1) is 0 Å². The number of carbonyl (C=O) groups is 2. The molecule has 1 aliphatic rings. The standard InChI is InChI=1S/C18H26N2O5/c1-3-23-15-7-5-6-8-16(15)25-13-17(21)20-11-9-14(10-12-20)19-18(22)24-4-2/h5-8,14H,3-4,9-13H2,1-2H3,(H,19,22). The molecule has 1 saturated heterocycles. The Bertz CT molecular complexity index is 570. The molecule has 0 bridgehead atoms. The molecule has 1 aromatic rings. The summed E-state index contributed by atoms with van der Waals surface area (Å²) in [5.41, 5.74) is 0. The predicted octanol–water partition coefficient (Wildman–Crippen LogP) is 2.20. The van der Waals surface area contributed by atoms with Crippen molar-refractivity contribution >= 4 is 12.0 Å². The Morgan fingerprint density at radius 1 is 1.08 bits per heavy atom. The van der Waals surface area contributed by atoms with Crippen LogP contribution >= 0.6 is 0 Å². The third-order valence-electron chi connectivity index (χ3n) is 3.95. The maximum absolute atomic E-state index is 12.3. The average molecular weight is 350 g/mol. The zero-order chi connectivity index (χ0) is 18.1. The monoisotopic (exact) mass is 350 g/mol. The summed E-state index contributed by atoms with van der Waals surface area (Å²) in [6.45, 7) is 5.71. The number of nitrogens with zero attached hydrogens (tertiary/aromatic N) is 1. The molecule has 1 N–H and O–H groups in total. The quantitative estimate of drug-likeness (QED) is 0.816. The van der Waals surface area contributed by atoms with Gasteiger partial charge < -0.3 is 24.4 Å². The van der Waals surface area contributed by atoms with E-state index in [-0.39, 0.29) is 18.6 Å². The van der Waals surface area contributed by atoms with Crippen LogP contribution in [0.25, 0.3) is 0 Å². The van der Waals surface area contributed by atoms with Gasteiger partial charge in [0.25, 0.3) is 5.91 Å². The van der Waals surface area contributed by atoms with Crippen molar-refractivity contribution in [2.45, 2.75) is 32.7 Å². The molecule has 0 aliphatic carbocycles. The molecule has 0 unspecified atom stereocenters. The second kappa shape index (κ2) is 9.76. The number of benzene rings is 1. The Labute approximate surface area is 148 Å². The van der Waals surface area contributed by atoms with E-state index in [9.17, 15) is 9.59 Å². The van der Waals surface area contributed by atoms with Crippen LogP contribution < -0.4 is 14.8 Å². The van der Waals surface area contributed by atoms with E-state index < -0.39 is 6.09 Å². The second-order valence-electron chi connectivity index (χ2n) is 5.69. The Morgan fingerprint density at radius 3 is 2.32 bits per heavy atom. The summed E-state index contributed by atoms with van der Waals surface area (Å²) < 4.78 is 16.0. The lowest BCUT2D eigenvalue weighted by molar-refractivity contribution is -0.134. The fourth-order valence-corrected chi connectivity index (χ4v) is 2.69. The molecule has 0 spiro atoms. The summed E-state index contributed by atoms with van der Waals surface area (Å²) >= 11 is 0. The van der Waals surface area contributed by atoms with Gasteiger partial charge >= 0.3 is 6.09 Å². The SMILES string of the molecule is CCOC(=O)NC1CCN(C(=O)COc2ccccc2OCC)CC1. The van der Waals surface area contributed by atoms with E-state index in [0.717, 1.165) is 0 Å². The van der Waals surface area contributed by atoms with Crippen molar-refractivity contribution < 1.29 is 23.8 Å². The molecule has 25 heavy (non-hydrogen) atoms. The topological polar surface area (TPSA) is 77.1 Å². The van der Waals surface area contributed by atoms with Crippen molar-refractivity contribution in [3.63, 3.8) is 0 Å². The molecule has 7 heteroatoms. The van der Waals surface area contributed by atoms with Crippen LogP contribution in [0.4, 0.5) is 4.79 Å². The van der Waals surface area contributed by atoms with Gasteiger partial charge in [0.15, 0.2) is 18.1 Å². The molecule has 0 atom stereocenters. The molecule has 0 aromatic heterocycles. The van der Waals surface area contributed by atoms with E-state index in [2.05, 4.69) is 5.32 Å². The minimum absolute atomic E-state index is 0.0277. The van der Waals surface area contributed by atoms with Crippen LogP contribution in [-0.4, -0.2) is 55.9 Å². The summed E-state index contributed by atoms with van der Waals surface area (Å²) in [7, 11) is 0. The van der Waals surface area contributed by atoms with Crippen LogP contribution in [0.3, 0.4) is 0 Å². The minimum atomic E-state index is -0.400. The summed E-state index contributed by atoms with van der Waals surface area (Å²) in [4.78, 5) is 25.5. The van der Waals surface area contributed by atoms with Gasteiger partial charge in [-0.25, -0.2) is 4.79 Å². The molecular weight excluding hydrogens is 324 g/mol. The van der Waals surface area contributed by atoms with Crippen molar-refractivity contribution in [1.29, 1.82) is 0 Å². The summed E-state index contributed by atoms with van der Waals surface area (Å²) in [6.07, 6.45) is 1.02. The number of para-hydroxylation sites is 2. The summed E-state index contributed by atoms with van der Waals surface area (Å²) in [6, 6.07) is 7.35. The van der Waals surface area contributed by atoms with Gasteiger partial charge in [-0.1, -0.05) is 12.1 Å². The smallest absolute Gasteiger partial charge is 0.407 e. The molecule has 2 rings (SSSR count). The first-order valence-corrected chi connectivity index (χ1v) is 8.69. The molecule has 1 heterocycles. The number of alkyl carbamates (subject to hydrolysis) is 1. The highest BCUT2D eigenvalue weighted by Gasteiger charge is 2.24. The molecular formula is C18H26N2O5. The van der Waals surface area contributed by atoms with Gasteiger partial charge in [-0.05, 0) is 38.8 Å². The van der Waals surface area contributed by atoms with Crippen LogP contribution in [0.1, 0.15) is 26.7 Å². The molecule has 2 amide bonds. The summed E-state index contributed by atoms with van der Waals surface area (Å²) in [5.74, 6) is 1.13. The van der Waals surface area contributed by atoms with Crippen molar-refractivity contribution in [3.05, 3.63) is 24.3 Å². The number of nitrogens with one attached hydrogen (secondary N) is 1. The van der Waals surface area contributed by atoms with Gasteiger partial charge in [-0.3, -0.25) is 4.79 Å². The number of likely N-dealkylation sites (tertiary alicyclic amines) is 1. The molecule has 0 saturated carbocycles. The number of rotatable bonds is 7. The van der Waals surface area contributed by atoms with E-state index in [1.807, 2.05) is 25.1 Å². The first kappa shape index (κ1) is 18.9. The van der Waals surface area contributed by atoms with Crippen molar-refractivity contribution in [2.24, 2.45) is 0 Å². The Balaban J connectivity index is 1.77. The minimum Gasteiger partial charge on any atom is -0.490 e. The number of amides is 2. The second-order valence-corrected chi connectivity index (χ2v) is 5.69. The molecule has 7 nitrogen and oxygen atoms in total. The van der Waals surface area contributed by atoms with Gasteiger partial charge in [0.2, 0.25) is 0 Å². The first-order valence-electron chi connectivity index (χ1n) is 8.69. The van der Waals surface area contributed by atoms with E-state index in [0.29, 0.717) is 50.6 Å². The molecule has 1 fully saturated rings. The first-order chi connectivity index (χ1) is 12.1. The van der Waals surface area contributed by atoms with Crippen LogP contribution in [0.2, 0.25) is 0 Å². The van der Waals surface area contributed by atoms with E-state index >= 15 is 0 Å². The number of hydrogen-bond acceptors (Lipinski definition) is 5. The molecule has 138 valence electrons. The maximum Gasteiger partial charge on any atom is 0.407 e. The van der Waals surface area contributed by atoms with E-state index in [4.69, 9.17) is 14.2 Å². The lowest BCUT2D eigenvalue weighted by Crippen LogP contribution is -2.47. The molecule has 1 aliphatic heterocycles. The van der Waals surface area contributed by atoms with Crippen molar-refractivity contribution in [3.8, 4) is 11.5 Å². The Hall–Kier alpha value is -2.44. The fraction of sp³-hybridized carbons (Fsp3) is 0.556. The van der Waals surface area contributed by atoms with Gasteiger partial charge in [0.1, 0.15) is 0 Å². The number of carbonyl (C=O) groups excluding carboxylic acids is 2. The van der Waals surface area contributed by atoms with Gasteiger partial charge in [-0.2, -0.15) is 0 Å². The third kappa shape index (κ3) is 5.85. The Kier molecular flexibility index (Phi) is 7.37. The lowest BCUT2D eigenvalue weighted by atomic mass is 10.1. The summed E-state index contributed by atoms with van der Waals surface area (Å²) in [5, 5.41) is 2.81. The zero-order valence-corrected chi connectivity index (χ0v) is 14.8. The van der Waals surface area contributed by atoms with Crippen LogP contribution in [0.15, 0.2) is 24.3 Å². The fourth-order valence-electron chi connectivity index (χ4n) is 2.69. The number of piperidine rings is 1.